The van der Waals surface area contributed by atoms with E-state index in [2.05, 4.69) is 5.32 Å². The van der Waals surface area contributed by atoms with Crippen LogP contribution in [-0.4, -0.2) is 11.9 Å². The maximum atomic E-state index is 12.1. The van der Waals surface area contributed by atoms with Crippen LogP contribution in [0.15, 0.2) is 30.3 Å². The number of carbonyl (C=O) groups excluding carboxylic acids is 1. The summed E-state index contributed by atoms with van der Waals surface area (Å²) < 4.78 is 0. The Bertz CT molecular complexity index is 410. The monoisotopic (exact) mass is 288 g/mol. The molecule has 1 aromatic carbocycles. The summed E-state index contributed by atoms with van der Waals surface area (Å²) in [5.74, 6) is 0.159. The molecule has 3 N–H and O–H groups in total. The molecule has 116 valence electrons. The maximum Gasteiger partial charge on any atom is 0.220 e. The van der Waals surface area contributed by atoms with Crippen LogP contribution in [0.4, 0.5) is 0 Å². The van der Waals surface area contributed by atoms with Crippen molar-refractivity contribution in [3.63, 3.8) is 0 Å². The van der Waals surface area contributed by atoms with Gasteiger partial charge in [-0.2, -0.15) is 0 Å². The highest BCUT2D eigenvalue weighted by Crippen LogP contribution is 2.18. The molecule has 0 saturated heterocycles. The summed E-state index contributed by atoms with van der Waals surface area (Å²) in [6, 6.07) is 10.3. The summed E-state index contributed by atoms with van der Waals surface area (Å²) in [5.41, 5.74) is 7.25. The molecule has 1 aliphatic carbocycles. The Morgan fingerprint density at radius 3 is 2.38 bits per heavy atom. The van der Waals surface area contributed by atoms with E-state index in [1.165, 1.54) is 32.1 Å². The second-order valence-electron chi connectivity index (χ2n) is 6.17. The van der Waals surface area contributed by atoms with Gasteiger partial charge in [-0.15, -0.1) is 0 Å². The third kappa shape index (κ3) is 5.88. The first-order valence-electron chi connectivity index (χ1n) is 8.35. The fourth-order valence-corrected chi connectivity index (χ4v) is 3.05. The summed E-state index contributed by atoms with van der Waals surface area (Å²) in [6.07, 6.45) is 9.97. The minimum absolute atomic E-state index is 0.0470. The van der Waals surface area contributed by atoms with Gasteiger partial charge in [0.25, 0.3) is 0 Å². The average Bonchev–Trinajstić information content (AvgIpc) is 2.48. The molecule has 1 saturated carbocycles. The second kappa shape index (κ2) is 8.83. The molecular formula is C18H28N2O. The zero-order valence-corrected chi connectivity index (χ0v) is 12.9. The average molecular weight is 288 g/mol. The molecular weight excluding hydrogens is 260 g/mol. The van der Waals surface area contributed by atoms with E-state index in [0.717, 1.165) is 18.4 Å². The molecule has 1 aromatic rings. The van der Waals surface area contributed by atoms with Crippen LogP contribution in [0.2, 0.25) is 0 Å². The molecule has 1 unspecified atom stereocenters. The minimum Gasteiger partial charge on any atom is -0.353 e. The lowest BCUT2D eigenvalue weighted by molar-refractivity contribution is -0.122. The Morgan fingerprint density at radius 1 is 1.10 bits per heavy atom. The van der Waals surface area contributed by atoms with Crippen LogP contribution >= 0.6 is 0 Å². The van der Waals surface area contributed by atoms with E-state index in [1.54, 1.807) is 0 Å². The van der Waals surface area contributed by atoms with Gasteiger partial charge in [-0.25, -0.2) is 0 Å². The highest BCUT2D eigenvalue weighted by molar-refractivity contribution is 5.76. The zero-order chi connectivity index (χ0) is 14.9. The van der Waals surface area contributed by atoms with Gasteiger partial charge in [-0.1, -0.05) is 62.4 Å². The first kappa shape index (κ1) is 16.0. The number of rotatable bonds is 5. The lowest BCUT2D eigenvalue weighted by Crippen LogP contribution is -2.35. The number of nitrogens with one attached hydrogen (secondary N) is 1. The van der Waals surface area contributed by atoms with Gasteiger partial charge in [0.05, 0.1) is 0 Å². The van der Waals surface area contributed by atoms with Gasteiger partial charge in [0.15, 0.2) is 0 Å². The van der Waals surface area contributed by atoms with E-state index in [0.29, 0.717) is 18.9 Å². The summed E-state index contributed by atoms with van der Waals surface area (Å²) in [6.45, 7) is 0. The van der Waals surface area contributed by atoms with Crippen molar-refractivity contribution >= 4 is 5.91 Å². The van der Waals surface area contributed by atoms with Crippen molar-refractivity contribution in [1.82, 2.24) is 5.32 Å². The van der Waals surface area contributed by atoms with Gasteiger partial charge in [0.2, 0.25) is 5.91 Å². The lowest BCUT2D eigenvalue weighted by Gasteiger charge is -2.21. The van der Waals surface area contributed by atoms with Crippen LogP contribution in [0.5, 0.6) is 0 Å². The number of amides is 1. The quantitative estimate of drug-likeness (QED) is 0.868. The number of hydrogen-bond acceptors (Lipinski definition) is 2. The maximum absolute atomic E-state index is 12.1. The standard InChI is InChI=1S/C18H28N2O/c19-17(15-9-5-4-6-10-15)13-14-18(21)20-16-11-7-2-1-3-8-12-16/h4-6,9-10,16-17H,1-3,7-8,11-14,19H2,(H,20,21). The molecule has 0 aliphatic heterocycles. The third-order valence-electron chi connectivity index (χ3n) is 4.38. The van der Waals surface area contributed by atoms with Crippen molar-refractivity contribution in [2.75, 3.05) is 0 Å². The highest BCUT2D eigenvalue weighted by Gasteiger charge is 2.15. The second-order valence-corrected chi connectivity index (χ2v) is 6.17. The van der Waals surface area contributed by atoms with Crippen LogP contribution in [-0.2, 0) is 4.79 Å². The van der Waals surface area contributed by atoms with Crippen molar-refractivity contribution in [3.8, 4) is 0 Å². The highest BCUT2D eigenvalue weighted by atomic mass is 16.1. The first-order valence-corrected chi connectivity index (χ1v) is 8.35. The predicted octanol–water partition coefficient (Wildman–Crippen LogP) is 3.70. The fourth-order valence-electron chi connectivity index (χ4n) is 3.05. The third-order valence-corrected chi connectivity index (χ3v) is 4.38. The van der Waals surface area contributed by atoms with E-state index in [4.69, 9.17) is 5.73 Å². The number of benzene rings is 1. The molecule has 0 heterocycles. The van der Waals surface area contributed by atoms with Gasteiger partial charge < -0.3 is 11.1 Å². The van der Waals surface area contributed by atoms with Crippen LogP contribution < -0.4 is 11.1 Å². The normalized spacial score (nSPS) is 18.5. The molecule has 21 heavy (non-hydrogen) atoms. The Kier molecular flexibility index (Phi) is 6.74. The molecule has 0 bridgehead atoms. The van der Waals surface area contributed by atoms with Gasteiger partial charge in [0.1, 0.15) is 0 Å². The van der Waals surface area contributed by atoms with Crippen LogP contribution in [0.25, 0.3) is 0 Å². The summed E-state index contributed by atoms with van der Waals surface area (Å²) in [7, 11) is 0. The van der Waals surface area contributed by atoms with Crippen molar-refractivity contribution in [1.29, 1.82) is 0 Å². The Hall–Kier alpha value is -1.35. The molecule has 3 nitrogen and oxygen atoms in total. The zero-order valence-electron chi connectivity index (χ0n) is 12.9. The van der Waals surface area contributed by atoms with E-state index < -0.39 is 0 Å². The molecule has 0 radical (unpaired) electrons. The number of carbonyl (C=O) groups is 1. The first-order chi connectivity index (χ1) is 10.3. The van der Waals surface area contributed by atoms with E-state index in [-0.39, 0.29) is 11.9 Å². The van der Waals surface area contributed by atoms with Crippen molar-refractivity contribution < 1.29 is 4.79 Å². The molecule has 1 amide bonds. The summed E-state index contributed by atoms with van der Waals surface area (Å²) in [5, 5.41) is 3.20. The Labute approximate surface area is 128 Å². The van der Waals surface area contributed by atoms with E-state index in [1.807, 2.05) is 30.3 Å². The van der Waals surface area contributed by atoms with Crippen molar-refractivity contribution in [2.24, 2.45) is 5.73 Å². The van der Waals surface area contributed by atoms with Crippen molar-refractivity contribution in [3.05, 3.63) is 35.9 Å². The Morgan fingerprint density at radius 2 is 1.71 bits per heavy atom. The fraction of sp³-hybridized carbons (Fsp3) is 0.611. The molecule has 3 heteroatoms. The van der Waals surface area contributed by atoms with Gasteiger partial charge in [0, 0.05) is 18.5 Å². The van der Waals surface area contributed by atoms with Gasteiger partial charge >= 0.3 is 0 Å². The van der Waals surface area contributed by atoms with Crippen LogP contribution in [0.1, 0.15) is 69.4 Å². The molecule has 1 fully saturated rings. The number of nitrogens with two attached hydrogens (primary N) is 1. The van der Waals surface area contributed by atoms with E-state index >= 15 is 0 Å². The molecule has 1 atom stereocenters. The van der Waals surface area contributed by atoms with Crippen LogP contribution in [0, 0.1) is 0 Å². The molecule has 0 spiro atoms. The topological polar surface area (TPSA) is 55.1 Å². The van der Waals surface area contributed by atoms with E-state index in [9.17, 15) is 4.79 Å². The lowest BCUT2D eigenvalue weighted by atomic mass is 9.96. The molecule has 2 rings (SSSR count). The SMILES string of the molecule is NC(CCC(=O)NC1CCCCCCC1)c1ccccc1. The van der Waals surface area contributed by atoms with Gasteiger partial charge in [-0.3, -0.25) is 4.79 Å². The largest absolute Gasteiger partial charge is 0.353 e. The minimum atomic E-state index is -0.0470. The summed E-state index contributed by atoms with van der Waals surface area (Å²) >= 11 is 0. The smallest absolute Gasteiger partial charge is 0.220 e. The Balaban J connectivity index is 1.71. The molecule has 1 aliphatic rings. The summed E-state index contributed by atoms with van der Waals surface area (Å²) in [4.78, 5) is 12.1. The number of hydrogen-bond donors (Lipinski definition) is 2. The van der Waals surface area contributed by atoms with Crippen molar-refractivity contribution in [2.45, 2.75) is 69.9 Å². The van der Waals surface area contributed by atoms with Gasteiger partial charge in [-0.05, 0) is 24.8 Å². The van der Waals surface area contributed by atoms with Crippen LogP contribution in [0.3, 0.4) is 0 Å². The predicted molar refractivity (Wildman–Crippen MR) is 86.9 cm³/mol. The molecule has 0 aromatic heterocycles.